The standard InChI is InChI=1S/C49H29N5OS2/c1-3-13-28(14-4-1)42-45-43(33-18-8-10-23-39(33)57-45)51-49(50-42)35-21-11-19-31-36-27-30(25-26-37(36)55-44(31)35)47-52-46(29-15-5-2-6-16-29)53-48(54-47)34-20-12-24-40-41(34)32-17-7-9-22-38(32)56-40/h2-3,5-27H,1,4H2. The van der Waals surface area contributed by atoms with Gasteiger partial charge >= 0.3 is 0 Å². The van der Waals surface area contributed by atoms with E-state index in [1.54, 1.807) is 22.7 Å². The molecule has 0 radical (unpaired) electrons. The third-order valence-corrected chi connectivity index (χ3v) is 13.1. The monoisotopic (exact) mass is 767 g/mol. The summed E-state index contributed by atoms with van der Waals surface area (Å²) in [6.07, 6.45) is 8.75. The Labute approximate surface area is 334 Å². The number of furan rings is 1. The first-order valence-corrected chi connectivity index (χ1v) is 20.6. The Kier molecular flexibility index (Phi) is 7.30. The van der Waals surface area contributed by atoms with Crippen LogP contribution in [-0.2, 0) is 0 Å². The van der Waals surface area contributed by atoms with E-state index < -0.39 is 0 Å². The zero-order chi connectivity index (χ0) is 37.5. The van der Waals surface area contributed by atoms with Gasteiger partial charge in [-0.2, -0.15) is 0 Å². The Morgan fingerprint density at radius 3 is 2.05 bits per heavy atom. The summed E-state index contributed by atoms with van der Waals surface area (Å²) in [5, 5.41) is 5.45. The second kappa shape index (κ2) is 12.8. The lowest BCUT2D eigenvalue weighted by atomic mass is 10.0. The van der Waals surface area contributed by atoms with E-state index in [1.165, 1.54) is 19.5 Å². The minimum atomic E-state index is 0.597. The molecule has 57 heavy (non-hydrogen) atoms. The predicted octanol–water partition coefficient (Wildman–Crippen LogP) is 13.7. The van der Waals surface area contributed by atoms with Gasteiger partial charge in [-0.05, 0) is 60.9 Å². The van der Waals surface area contributed by atoms with E-state index in [0.29, 0.717) is 23.3 Å². The summed E-state index contributed by atoms with van der Waals surface area (Å²) in [7, 11) is 0. The molecule has 0 aliphatic heterocycles. The molecule has 11 aromatic rings. The molecule has 0 N–H and O–H groups in total. The molecule has 5 aromatic heterocycles. The van der Waals surface area contributed by atoms with Crippen LogP contribution in [0.3, 0.4) is 0 Å². The molecule has 8 heteroatoms. The highest BCUT2D eigenvalue weighted by molar-refractivity contribution is 7.26. The quantitative estimate of drug-likeness (QED) is 0.174. The van der Waals surface area contributed by atoms with Gasteiger partial charge in [0.05, 0.1) is 21.5 Å². The van der Waals surface area contributed by atoms with Crippen LogP contribution in [0.2, 0.25) is 0 Å². The predicted molar refractivity (Wildman–Crippen MR) is 237 cm³/mol. The zero-order valence-corrected chi connectivity index (χ0v) is 31.9. The van der Waals surface area contributed by atoms with E-state index in [4.69, 9.17) is 29.3 Å². The maximum absolute atomic E-state index is 6.70. The van der Waals surface area contributed by atoms with Crippen LogP contribution in [0.4, 0.5) is 0 Å². The number of nitrogens with zero attached hydrogens (tertiary/aromatic N) is 5. The van der Waals surface area contributed by atoms with Crippen molar-refractivity contribution < 1.29 is 4.42 Å². The van der Waals surface area contributed by atoms with Gasteiger partial charge in [0.2, 0.25) is 0 Å². The minimum absolute atomic E-state index is 0.597. The van der Waals surface area contributed by atoms with Gasteiger partial charge in [0, 0.05) is 57.7 Å². The van der Waals surface area contributed by atoms with Gasteiger partial charge < -0.3 is 4.42 Å². The van der Waals surface area contributed by atoms with Crippen molar-refractivity contribution in [2.24, 2.45) is 0 Å². The summed E-state index contributed by atoms with van der Waals surface area (Å²) in [6, 6.07) is 46.0. The lowest BCUT2D eigenvalue weighted by molar-refractivity contribution is 0.669. The molecule has 0 unspecified atom stereocenters. The van der Waals surface area contributed by atoms with Gasteiger partial charge in [0.25, 0.3) is 0 Å². The normalized spacial score (nSPS) is 13.2. The molecule has 6 aromatic carbocycles. The smallest absolute Gasteiger partial charge is 0.164 e. The van der Waals surface area contributed by atoms with Crippen LogP contribution in [0.15, 0.2) is 156 Å². The van der Waals surface area contributed by atoms with E-state index in [-0.39, 0.29) is 0 Å². The van der Waals surface area contributed by atoms with Crippen molar-refractivity contribution in [3.63, 3.8) is 0 Å². The number of para-hydroxylation sites is 1. The lowest BCUT2D eigenvalue weighted by Gasteiger charge is -2.10. The van der Waals surface area contributed by atoms with Crippen LogP contribution >= 0.6 is 22.7 Å². The first kappa shape index (κ1) is 32.4. The zero-order valence-electron chi connectivity index (χ0n) is 30.3. The summed E-state index contributed by atoms with van der Waals surface area (Å²) in [5.74, 6) is 2.51. The SMILES string of the molecule is C1=CC(c2nc(-c3cccc4c3oc3ccc(-c5nc(-c6ccccc6)nc(-c6cccc7sc8ccccc8c67)n5)cc34)nc3c2sc2ccccc23)=CCC1. The molecule has 6 nitrogen and oxygen atoms in total. The Hall–Kier alpha value is -6.87. The summed E-state index contributed by atoms with van der Waals surface area (Å²) in [6.45, 7) is 0. The summed E-state index contributed by atoms with van der Waals surface area (Å²) in [5.41, 5.74) is 8.24. The average molecular weight is 768 g/mol. The van der Waals surface area contributed by atoms with E-state index in [1.807, 2.05) is 42.5 Å². The van der Waals surface area contributed by atoms with Crippen molar-refractivity contribution in [1.29, 1.82) is 0 Å². The second-order valence-electron chi connectivity index (χ2n) is 14.3. The number of hydrogen-bond donors (Lipinski definition) is 0. The van der Waals surface area contributed by atoms with Crippen LogP contribution in [0, 0.1) is 0 Å². The summed E-state index contributed by atoms with van der Waals surface area (Å²) >= 11 is 3.54. The molecule has 12 rings (SSSR count). The molecule has 0 fully saturated rings. The molecule has 1 aliphatic rings. The van der Waals surface area contributed by atoms with Crippen LogP contribution in [0.5, 0.6) is 0 Å². The van der Waals surface area contributed by atoms with Crippen molar-refractivity contribution in [3.05, 3.63) is 157 Å². The van der Waals surface area contributed by atoms with Crippen molar-refractivity contribution in [3.8, 4) is 45.6 Å². The topological polar surface area (TPSA) is 77.6 Å². The lowest BCUT2D eigenvalue weighted by Crippen LogP contribution is -2.00. The molecule has 0 amide bonds. The fourth-order valence-electron chi connectivity index (χ4n) is 8.11. The molecule has 0 saturated carbocycles. The number of hydrogen-bond acceptors (Lipinski definition) is 8. The maximum Gasteiger partial charge on any atom is 0.164 e. The molecule has 0 saturated heterocycles. The summed E-state index contributed by atoms with van der Waals surface area (Å²) < 4.78 is 11.5. The van der Waals surface area contributed by atoms with E-state index in [2.05, 4.69) is 109 Å². The third kappa shape index (κ3) is 5.25. The minimum Gasteiger partial charge on any atom is -0.455 e. The van der Waals surface area contributed by atoms with Gasteiger partial charge in [-0.1, -0.05) is 109 Å². The van der Waals surface area contributed by atoms with Crippen LogP contribution in [-0.4, -0.2) is 24.9 Å². The number of rotatable bonds is 5. The molecule has 0 bridgehead atoms. The Balaban J connectivity index is 1.04. The molecular weight excluding hydrogens is 739 g/mol. The van der Waals surface area contributed by atoms with Gasteiger partial charge in [-0.25, -0.2) is 24.9 Å². The number of allylic oxidation sites excluding steroid dienone is 4. The van der Waals surface area contributed by atoms with Gasteiger partial charge in [0.1, 0.15) is 11.2 Å². The molecular formula is C49H29N5OS2. The van der Waals surface area contributed by atoms with Gasteiger partial charge in [-0.3, -0.25) is 0 Å². The Morgan fingerprint density at radius 1 is 0.491 bits per heavy atom. The molecule has 0 spiro atoms. The van der Waals surface area contributed by atoms with Crippen molar-refractivity contribution >= 4 is 90.7 Å². The average Bonchev–Trinajstić information content (AvgIpc) is 3.98. The molecule has 5 heterocycles. The van der Waals surface area contributed by atoms with Crippen molar-refractivity contribution in [1.82, 2.24) is 24.9 Å². The Morgan fingerprint density at radius 2 is 1.19 bits per heavy atom. The molecule has 1 aliphatic carbocycles. The highest BCUT2D eigenvalue weighted by atomic mass is 32.1. The largest absolute Gasteiger partial charge is 0.455 e. The Bertz CT molecular complexity index is 3480. The first-order chi connectivity index (χ1) is 28.2. The number of benzene rings is 6. The van der Waals surface area contributed by atoms with Crippen LogP contribution in [0.1, 0.15) is 18.5 Å². The second-order valence-corrected chi connectivity index (χ2v) is 16.4. The van der Waals surface area contributed by atoms with Crippen molar-refractivity contribution in [2.75, 3.05) is 0 Å². The molecule has 268 valence electrons. The molecule has 0 atom stereocenters. The van der Waals surface area contributed by atoms with Gasteiger partial charge in [-0.15, -0.1) is 22.7 Å². The number of aromatic nitrogens is 5. The fourth-order valence-corrected chi connectivity index (χ4v) is 10.4. The van der Waals surface area contributed by atoms with Crippen LogP contribution in [0.25, 0.3) is 114 Å². The highest BCUT2D eigenvalue weighted by Crippen LogP contribution is 2.43. The third-order valence-electron chi connectivity index (χ3n) is 10.8. The first-order valence-electron chi connectivity index (χ1n) is 19.0. The van der Waals surface area contributed by atoms with E-state index >= 15 is 0 Å². The van der Waals surface area contributed by atoms with E-state index in [0.717, 1.165) is 89.3 Å². The van der Waals surface area contributed by atoms with Gasteiger partial charge in [0.15, 0.2) is 23.3 Å². The summed E-state index contributed by atoms with van der Waals surface area (Å²) in [4.78, 5) is 25.9. The highest BCUT2D eigenvalue weighted by Gasteiger charge is 2.22. The van der Waals surface area contributed by atoms with Crippen molar-refractivity contribution in [2.45, 2.75) is 12.8 Å². The van der Waals surface area contributed by atoms with Crippen LogP contribution < -0.4 is 0 Å². The van der Waals surface area contributed by atoms with E-state index in [9.17, 15) is 0 Å². The fraction of sp³-hybridized carbons (Fsp3) is 0.0408. The maximum atomic E-state index is 6.70. The number of thiophene rings is 2. The number of fused-ring (bicyclic) bond motifs is 9.